The number of carbonyl (C=O) groups is 3. The Morgan fingerprint density at radius 2 is 1.88 bits per heavy atom. The van der Waals surface area contributed by atoms with Gasteiger partial charge in [0, 0.05) is 17.5 Å². The molecule has 6 rings (SSSR count). The molecule has 8 nitrogen and oxygen atoms in total. The Balaban J connectivity index is 1.28. The van der Waals surface area contributed by atoms with Crippen molar-refractivity contribution < 1.29 is 23.9 Å². The fourth-order valence-electron chi connectivity index (χ4n) is 7.14. The van der Waals surface area contributed by atoms with Crippen LogP contribution in [0.3, 0.4) is 0 Å². The van der Waals surface area contributed by atoms with Gasteiger partial charge in [-0.25, -0.2) is 0 Å². The first-order valence-corrected chi connectivity index (χ1v) is 15.2. The van der Waals surface area contributed by atoms with Crippen LogP contribution in [0.2, 0.25) is 0 Å². The van der Waals surface area contributed by atoms with Crippen LogP contribution in [0.5, 0.6) is 5.75 Å². The number of hydrogen-bond acceptors (Lipinski definition) is 6. The van der Waals surface area contributed by atoms with Crippen LogP contribution in [-0.2, 0) is 32.1 Å². The maximum atomic E-state index is 14.2. The smallest absolute Gasteiger partial charge is 0.246 e. The molecule has 9 heteroatoms. The first-order chi connectivity index (χ1) is 19.3. The number of nitrogens with zero attached hydrogens (tertiary/aromatic N) is 1. The Morgan fingerprint density at radius 1 is 1.10 bits per heavy atom. The van der Waals surface area contributed by atoms with Crippen molar-refractivity contribution in [2.45, 2.75) is 75.3 Å². The van der Waals surface area contributed by atoms with Crippen LogP contribution in [0.15, 0.2) is 53.9 Å². The van der Waals surface area contributed by atoms with Crippen molar-refractivity contribution in [2.75, 3.05) is 13.7 Å². The Morgan fingerprint density at radius 3 is 2.58 bits per heavy atom. The number of carbonyl (C=O) groups excluding carboxylic acids is 3. The van der Waals surface area contributed by atoms with E-state index in [1.165, 1.54) is 6.42 Å². The van der Waals surface area contributed by atoms with Gasteiger partial charge in [-0.2, -0.15) is 0 Å². The molecule has 1 aliphatic carbocycles. The van der Waals surface area contributed by atoms with Gasteiger partial charge in [0.2, 0.25) is 17.7 Å². The third-order valence-electron chi connectivity index (χ3n) is 9.10. The molecule has 40 heavy (non-hydrogen) atoms. The van der Waals surface area contributed by atoms with Crippen molar-refractivity contribution in [2.24, 2.45) is 11.8 Å². The maximum absolute atomic E-state index is 14.2. The second-order valence-corrected chi connectivity index (χ2v) is 12.6. The lowest BCUT2D eigenvalue weighted by molar-refractivity contribution is -0.145. The Labute approximate surface area is 239 Å². The number of ether oxygens (including phenoxy) is 2. The molecule has 4 aliphatic rings. The molecule has 2 N–H and O–H groups in total. The zero-order valence-electron chi connectivity index (χ0n) is 23.1. The Hall–Kier alpha value is -3.17. The fourth-order valence-corrected chi connectivity index (χ4v) is 7.78. The Kier molecular flexibility index (Phi) is 7.21. The highest BCUT2D eigenvalue weighted by molar-refractivity contribution is 7.09. The largest absolute Gasteiger partial charge is 0.497 e. The van der Waals surface area contributed by atoms with E-state index in [0.717, 1.165) is 41.9 Å². The van der Waals surface area contributed by atoms with E-state index in [1.807, 2.05) is 60.9 Å². The molecule has 1 saturated carbocycles. The van der Waals surface area contributed by atoms with Gasteiger partial charge in [0.25, 0.3) is 0 Å². The minimum atomic E-state index is -1.17. The van der Waals surface area contributed by atoms with E-state index in [1.54, 1.807) is 23.3 Å². The van der Waals surface area contributed by atoms with Crippen LogP contribution in [0, 0.1) is 11.8 Å². The third-order valence-corrected chi connectivity index (χ3v) is 9.97. The zero-order chi connectivity index (χ0) is 27.9. The number of hydrogen-bond donors (Lipinski definition) is 2. The monoisotopic (exact) mass is 563 g/mol. The minimum Gasteiger partial charge on any atom is -0.497 e. The Bertz CT molecular complexity index is 1290. The van der Waals surface area contributed by atoms with Crippen molar-refractivity contribution in [1.29, 1.82) is 0 Å². The standard InChI is InChI=1S/C31H37N3O5S/c1-30-15-16-31(39-30)25(24(30)27(35)32-19-23-9-6-18-40-23)29(37)34(17-14-20-10-12-22(38-2)13-11-20)26(31)28(36)33-21-7-4-3-5-8-21/h6,9-13,15-16,18,21,24-26H,3-5,7-8,14,17,19H2,1-2H3,(H,32,35)(H,33,36)/t24-,25+,26-,30+,31+/m1/s1. The summed E-state index contributed by atoms with van der Waals surface area (Å²) in [6, 6.07) is 10.9. The number of fused-ring (bicyclic) bond motifs is 1. The van der Waals surface area contributed by atoms with E-state index in [2.05, 4.69) is 10.6 Å². The summed E-state index contributed by atoms with van der Waals surface area (Å²) >= 11 is 1.57. The van der Waals surface area contributed by atoms with Crippen LogP contribution < -0.4 is 15.4 Å². The highest BCUT2D eigenvalue weighted by Gasteiger charge is 2.76. The van der Waals surface area contributed by atoms with Gasteiger partial charge in [0.1, 0.15) is 17.4 Å². The summed E-state index contributed by atoms with van der Waals surface area (Å²) < 4.78 is 11.9. The molecule has 1 aromatic carbocycles. The highest BCUT2D eigenvalue weighted by atomic mass is 32.1. The first kappa shape index (κ1) is 27.0. The lowest BCUT2D eigenvalue weighted by atomic mass is 9.70. The van der Waals surface area contributed by atoms with Gasteiger partial charge >= 0.3 is 0 Å². The van der Waals surface area contributed by atoms with Crippen molar-refractivity contribution in [3.63, 3.8) is 0 Å². The second-order valence-electron chi connectivity index (χ2n) is 11.6. The number of rotatable bonds is 9. The molecule has 2 saturated heterocycles. The molecule has 3 fully saturated rings. The molecular formula is C31H37N3O5S. The summed E-state index contributed by atoms with van der Waals surface area (Å²) in [6.45, 7) is 2.61. The molecule has 0 radical (unpaired) electrons. The normalized spacial score (nSPS) is 30.9. The minimum absolute atomic E-state index is 0.0956. The van der Waals surface area contributed by atoms with Gasteiger partial charge in [0.15, 0.2) is 0 Å². The fraction of sp³-hybridized carbons (Fsp3) is 0.516. The number of amides is 3. The number of nitrogens with one attached hydrogen (secondary N) is 2. The van der Waals surface area contributed by atoms with E-state index in [0.29, 0.717) is 19.5 Å². The predicted octanol–water partition coefficient (Wildman–Crippen LogP) is 3.61. The number of methoxy groups -OCH3 is 1. The molecule has 1 spiro atoms. The molecule has 4 heterocycles. The van der Waals surface area contributed by atoms with Crippen LogP contribution in [-0.4, -0.2) is 59.6 Å². The molecule has 0 unspecified atom stereocenters. The quantitative estimate of drug-likeness (QED) is 0.455. The van der Waals surface area contributed by atoms with Crippen LogP contribution >= 0.6 is 11.3 Å². The molecule has 1 aromatic heterocycles. The summed E-state index contributed by atoms with van der Waals surface area (Å²) in [6.07, 6.45) is 9.59. The zero-order valence-corrected chi connectivity index (χ0v) is 23.9. The number of thiophene rings is 1. The molecule has 2 bridgehead atoms. The molecule has 5 atom stereocenters. The highest BCUT2D eigenvalue weighted by Crippen LogP contribution is 2.59. The second kappa shape index (κ2) is 10.7. The topological polar surface area (TPSA) is 97.0 Å². The van der Waals surface area contributed by atoms with E-state index in [-0.39, 0.29) is 23.8 Å². The molecule has 3 aliphatic heterocycles. The maximum Gasteiger partial charge on any atom is 0.246 e. The number of benzene rings is 1. The summed E-state index contributed by atoms with van der Waals surface area (Å²) in [5, 5.41) is 8.26. The van der Waals surface area contributed by atoms with Gasteiger partial charge in [-0.15, -0.1) is 11.3 Å². The van der Waals surface area contributed by atoms with Crippen molar-refractivity contribution in [3.05, 3.63) is 64.4 Å². The molecular weight excluding hydrogens is 526 g/mol. The van der Waals surface area contributed by atoms with Crippen LogP contribution in [0.1, 0.15) is 49.5 Å². The van der Waals surface area contributed by atoms with E-state index >= 15 is 0 Å². The molecule has 2 aromatic rings. The lowest BCUT2D eigenvalue weighted by Gasteiger charge is -2.34. The number of likely N-dealkylation sites (tertiary alicyclic amines) is 1. The average molecular weight is 564 g/mol. The van der Waals surface area contributed by atoms with Crippen LogP contribution in [0.4, 0.5) is 0 Å². The predicted molar refractivity (Wildman–Crippen MR) is 152 cm³/mol. The van der Waals surface area contributed by atoms with Crippen molar-refractivity contribution >= 4 is 29.1 Å². The van der Waals surface area contributed by atoms with Gasteiger partial charge in [-0.1, -0.05) is 49.6 Å². The average Bonchev–Trinajstić information content (AvgIpc) is 3.71. The first-order valence-electron chi connectivity index (χ1n) is 14.3. The molecule has 3 amide bonds. The summed E-state index contributed by atoms with van der Waals surface area (Å²) in [7, 11) is 1.63. The summed E-state index contributed by atoms with van der Waals surface area (Å²) in [5.41, 5.74) is -1.09. The van der Waals surface area contributed by atoms with Gasteiger partial charge < -0.3 is 25.0 Å². The van der Waals surface area contributed by atoms with Crippen molar-refractivity contribution in [3.8, 4) is 5.75 Å². The summed E-state index contributed by atoms with van der Waals surface area (Å²) in [4.78, 5) is 44.6. The van der Waals surface area contributed by atoms with Gasteiger partial charge in [-0.3, -0.25) is 14.4 Å². The van der Waals surface area contributed by atoms with Gasteiger partial charge in [-0.05, 0) is 55.3 Å². The third kappa shape index (κ3) is 4.63. The van der Waals surface area contributed by atoms with E-state index in [9.17, 15) is 14.4 Å². The van der Waals surface area contributed by atoms with E-state index < -0.39 is 29.1 Å². The van der Waals surface area contributed by atoms with Crippen molar-refractivity contribution in [1.82, 2.24) is 15.5 Å². The van der Waals surface area contributed by atoms with Gasteiger partial charge in [0.05, 0.1) is 31.1 Å². The summed E-state index contributed by atoms with van der Waals surface area (Å²) in [5.74, 6) is -1.32. The lowest BCUT2D eigenvalue weighted by Crippen LogP contribution is -2.57. The SMILES string of the molecule is COc1ccc(CCN2C(=O)[C@@H]3[C@H](C(=O)NCc4cccs4)[C@]4(C)C=C[C@@]3(O4)[C@H]2C(=O)NC2CCCCC2)cc1. The van der Waals surface area contributed by atoms with E-state index in [4.69, 9.17) is 9.47 Å². The molecule has 212 valence electrons. The van der Waals surface area contributed by atoms with Crippen LogP contribution in [0.25, 0.3) is 0 Å².